The first-order chi connectivity index (χ1) is 13.8. The number of ether oxygens (including phenoxy) is 2. The van der Waals surface area contributed by atoms with Crippen LogP contribution in [0.1, 0.15) is 24.0 Å². The second kappa shape index (κ2) is 12.3. The average Bonchev–Trinajstić information content (AvgIpc) is 2.63. The lowest BCUT2D eigenvalue weighted by Gasteiger charge is -2.15. The van der Waals surface area contributed by atoms with Crippen LogP contribution in [0, 0.1) is 12.3 Å². The minimum atomic E-state index is -0.703. The van der Waals surface area contributed by atoms with Crippen molar-refractivity contribution in [2.24, 2.45) is 0 Å². The Labute approximate surface area is 204 Å². The van der Waals surface area contributed by atoms with Gasteiger partial charge >= 0.3 is 0 Å². The van der Waals surface area contributed by atoms with E-state index in [0.717, 1.165) is 34.8 Å². The number of halogens is 4. The van der Waals surface area contributed by atoms with Crippen molar-refractivity contribution in [1.29, 1.82) is 0 Å². The highest BCUT2D eigenvalue weighted by Gasteiger charge is 2.14. The van der Waals surface area contributed by atoms with Crippen molar-refractivity contribution in [2.45, 2.75) is 25.4 Å². The molecule has 0 radical (unpaired) electrons. The molecule has 0 fully saturated rings. The van der Waals surface area contributed by atoms with Crippen molar-refractivity contribution in [2.75, 3.05) is 19.8 Å². The van der Waals surface area contributed by atoms with Gasteiger partial charge < -0.3 is 19.7 Å². The van der Waals surface area contributed by atoms with Gasteiger partial charge in [0, 0.05) is 19.4 Å². The molecular formula is C21H20Br4O4. The second-order valence-corrected chi connectivity index (χ2v) is 9.67. The van der Waals surface area contributed by atoms with Crippen molar-refractivity contribution >= 4 is 63.7 Å². The molecule has 0 aliphatic heterocycles. The van der Waals surface area contributed by atoms with E-state index >= 15 is 0 Å². The van der Waals surface area contributed by atoms with Crippen LogP contribution in [0.25, 0.3) is 0 Å². The number of hydrogen-bond acceptors (Lipinski definition) is 4. The van der Waals surface area contributed by atoms with Crippen LogP contribution in [0.3, 0.4) is 0 Å². The molecule has 2 aromatic carbocycles. The van der Waals surface area contributed by atoms with Gasteiger partial charge in [0.05, 0.1) is 30.6 Å². The first-order valence-electron chi connectivity index (χ1n) is 8.79. The fourth-order valence-corrected chi connectivity index (χ4v) is 5.57. The molecule has 0 aliphatic rings. The molecule has 0 saturated heterocycles. The van der Waals surface area contributed by atoms with E-state index in [-0.39, 0.29) is 19.6 Å². The number of rotatable bonds is 10. The summed E-state index contributed by atoms with van der Waals surface area (Å²) in [5.74, 6) is 3.76. The molecule has 156 valence electrons. The Bertz CT molecular complexity index is 833. The summed E-state index contributed by atoms with van der Waals surface area (Å²) in [7, 11) is 0. The van der Waals surface area contributed by atoms with E-state index in [1.54, 1.807) is 0 Å². The van der Waals surface area contributed by atoms with Crippen LogP contribution < -0.4 is 9.47 Å². The van der Waals surface area contributed by atoms with Crippen LogP contribution in [-0.2, 0) is 6.42 Å². The standard InChI is InChI=1S/C21H20Br4O4/c1-2-4-15(27)12-29-21-18(24)10-14(11-19(21)25)7-13-8-16(22)20(17(23)9-13)28-6-3-5-26/h1,8-11,15,26-27H,3-7,12H2. The first kappa shape index (κ1) is 24.7. The monoisotopic (exact) mass is 652 g/mol. The molecule has 0 bridgehead atoms. The Morgan fingerprint density at radius 2 is 1.38 bits per heavy atom. The summed E-state index contributed by atoms with van der Waals surface area (Å²) in [5.41, 5.74) is 2.17. The Balaban J connectivity index is 2.13. The molecule has 8 heteroatoms. The zero-order valence-electron chi connectivity index (χ0n) is 15.4. The summed E-state index contributed by atoms with van der Waals surface area (Å²) in [6, 6.07) is 8.01. The van der Waals surface area contributed by atoms with Gasteiger partial charge in [-0.2, -0.15) is 0 Å². The third kappa shape index (κ3) is 7.57. The molecule has 2 rings (SSSR count). The Kier molecular flexibility index (Phi) is 10.5. The molecule has 1 atom stereocenters. The number of terminal acetylenes is 1. The lowest BCUT2D eigenvalue weighted by molar-refractivity contribution is 0.111. The summed E-state index contributed by atoms with van der Waals surface area (Å²) in [4.78, 5) is 0. The normalized spacial score (nSPS) is 11.8. The molecular weight excluding hydrogens is 636 g/mol. The molecule has 1 unspecified atom stereocenters. The predicted molar refractivity (Wildman–Crippen MR) is 129 cm³/mol. The molecule has 29 heavy (non-hydrogen) atoms. The third-order valence-electron chi connectivity index (χ3n) is 3.85. The first-order valence-corrected chi connectivity index (χ1v) is 12.0. The van der Waals surface area contributed by atoms with Crippen LogP contribution in [0.2, 0.25) is 0 Å². The van der Waals surface area contributed by atoms with Crippen molar-refractivity contribution < 1.29 is 19.7 Å². The molecule has 0 amide bonds. The molecule has 0 heterocycles. The highest BCUT2D eigenvalue weighted by Crippen LogP contribution is 2.38. The molecule has 2 N–H and O–H groups in total. The van der Waals surface area contributed by atoms with Gasteiger partial charge in [-0.25, -0.2) is 0 Å². The van der Waals surface area contributed by atoms with E-state index in [9.17, 15) is 5.11 Å². The number of aliphatic hydroxyl groups is 2. The minimum Gasteiger partial charge on any atom is -0.491 e. The van der Waals surface area contributed by atoms with Gasteiger partial charge in [-0.15, -0.1) is 12.3 Å². The van der Waals surface area contributed by atoms with Gasteiger partial charge in [0.2, 0.25) is 0 Å². The van der Waals surface area contributed by atoms with E-state index in [0.29, 0.717) is 25.2 Å². The molecule has 2 aromatic rings. The lowest BCUT2D eigenvalue weighted by atomic mass is 10.0. The van der Waals surface area contributed by atoms with Crippen molar-refractivity contribution in [3.8, 4) is 23.8 Å². The second-order valence-electron chi connectivity index (χ2n) is 6.25. The van der Waals surface area contributed by atoms with E-state index in [1.165, 1.54) is 0 Å². The van der Waals surface area contributed by atoms with Crippen LogP contribution >= 0.6 is 63.7 Å². The van der Waals surface area contributed by atoms with Gasteiger partial charge in [0.1, 0.15) is 18.1 Å². The largest absolute Gasteiger partial charge is 0.491 e. The molecule has 0 spiro atoms. The highest BCUT2D eigenvalue weighted by molar-refractivity contribution is 9.11. The Morgan fingerprint density at radius 3 is 1.83 bits per heavy atom. The number of aliphatic hydroxyl groups excluding tert-OH is 2. The topological polar surface area (TPSA) is 58.9 Å². The minimum absolute atomic E-state index is 0.0969. The van der Waals surface area contributed by atoms with Crippen molar-refractivity contribution in [1.82, 2.24) is 0 Å². The van der Waals surface area contributed by atoms with Gasteiger partial charge in [-0.1, -0.05) is 0 Å². The summed E-state index contributed by atoms with van der Waals surface area (Å²) in [6.45, 7) is 0.669. The van der Waals surface area contributed by atoms with Crippen LogP contribution in [-0.4, -0.2) is 36.1 Å². The van der Waals surface area contributed by atoms with Crippen molar-refractivity contribution in [3.05, 3.63) is 53.3 Å². The predicted octanol–water partition coefficient (Wildman–Crippen LogP) is 5.85. The number of benzene rings is 2. The fourth-order valence-electron chi connectivity index (χ4n) is 2.55. The third-order valence-corrected chi connectivity index (χ3v) is 6.20. The van der Waals surface area contributed by atoms with Gasteiger partial charge in [-0.3, -0.25) is 0 Å². The van der Waals surface area contributed by atoms with E-state index in [4.69, 9.17) is 21.0 Å². The average molecular weight is 656 g/mol. The fraction of sp³-hybridized carbons (Fsp3) is 0.333. The zero-order chi connectivity index (χ0) is 21.4. The lowest BCUT2D eigenvalue weighted by Crippen LogP contribution is -2.17. The maximum atomic E-state index is 9.75. The zero-order valence-corrected chi connectivity index (χ0v) is 21.8. The van der Waals surface area contributed by atoms with Gasteiger partial charge in [0.15, 0.2) is 0 Å². The van der Waals surface area contributed by atoms with Crippen molar-refractivity contribution in [3.63, 3.8) is 0 Å². The van der Waals surface area contributed by atoms with Gasteiger partial charge in [-0.05, 0) is 106 Å². The number of hydrogen-bond donors (Lipinski definition) is 2. The maximum Gasteiger partial charge on any atom is 0.147 e. The Hall–Kier alpha value is -0.560. The van der Waals surface area contributed by atoms with Crippen LogP contribution in [0.5, 0.6) is 11.5 Å². The summed E-state index contributed by atoms with van der Waals surface area (Å²) < 4.78 is 14.7. The van der Waals surface area contributed by atoms with E-state index in [2.05, 4.69) is 69.6 Å². The van der Waals surface area contributed by atoms with Crippen LogP contribution in [0.4, 0.5) is 0 Å². The van der Waals surface area contributed by atoms with Gasteiger partial charge in [0.25, 0.3) is 0 Å². The Morgan fingerprint density at radius 1 is 0.897 bits per heavy atom. The van der Waals surface area contributed by atoms with E-state index < -0.39 is 6.10 Å². The quantitative estimate of drug-likeness (QED) is 0.249. The summed E-state index contributed by atoms with van der Waals surface area (Å²) in [6.07, 6.45) is 6.03. The summed E-state index contributed by atoms with van der Waals surface area (Å²) in [5, 5.41) is 18.7. The summed E-state index contributed by atoms with van der Waals surface area (Å²) >= 11 is 14.2. The molecule has 0 saturated carbocycles. The smallest absolute Gasteiger partial charge is 0.147 e. The molecule has 4 nitrogen and oxygen atoms in total. The van der Waals surface area contributed by atoms with E-state index in [1.807, 2.05) is 24.3 Å². The maximum absolute atomic E-state index is 9.75. The molecule has 0 aliphatic carbocycles. The molecule has 0 aromatic heterocycles. The SMILES string of the molecule is C#CCC(O)COc1c(Br)cc(Cc2cc(Br)c(OCCCO)c(Br)c2)cc1Br. The van der Waals surface area contributed by atoms with Crippen LogP contribution in [0.15, 0.2) is 42.2 Å². The highest BCUT2D eigenvalue weighted by atomic mass is 79.9.